The average Bonchev–Trinajstić information content (AvgIpc) is 2.74. The van der Waals surface area contributed by atoms with Gasteiger partial charge in [0.1, 0.15) is 0 Å². The van der Waals surface area contributed by atoms with Crippen LogP contribution in [0.3, 0.4) is 0 Å². The third kappa shape index (κ3) is 3.46. The highest BCUT2D eigenvalue weighted by molar-refractivity contribution is 7.90. The molecule has 0 unspecified atom stereocenters. The second-order valence-electron chi connectivity index (χ2n) is 6.83. The van der Waals surface area contributed by atoms with Crippen LogP contribution in [0.5, 0.6) is 5.88 Å². The van der Waals surface area contributed by atoms with Crippen LogP contribution < -0.4 is 10.3 Å². The van der Waals surface area contributed by atoms with Crippen LogP contribution in [0.15, 0.2) is 76.7 Å². The van der Waals surface area contributed by atoms with Crippen molar-refractivity contribution in [3.05, 3.63) is 94.0 Å². The van der Waals surface area contributed by atoms with Gasteiger partial charge in [0.15, 0.2) is 0 Å². The van der Waals surface area contributed by atoms with E-state index in [-0.39, 0.29) is 4.90 Å². The van der Waals surface area contributed by atoms with Crippen LogP contribution in [0.4, 0.5) is 0 Å². The molecule has 30 heavy (non-hydrogen) atoms. The van der Waals surface area contributed by atoms with Crippen LogP contribution in [-0.2, 0) is 16.4 Å². The molecule has 0 spiro atoms. The Morgan fingerprint density at radius 3 is 2.53 bits per heavy atom. The number of hydrogen-bond donors (Lipinski definition) is 0. The molecule has 152 valence electrons. The van der Waals surface area contributed by atoms with Crippen LogP contribution in [0.1, 0.15) is 16.7 Å². The molecule has 0 bridgehead atoms. The van der Waals surface area contributed by atoms with Crippen LogP contribution >= 0.6 is 0 Å². The quantitative estimate of drug-likeness (QED) is 0.492. The fourth-order valence-electron chi connectivity index (χ4n) is 3.41. The van der Waals surface area contributed by atoms with E-state index < -0.39 is 15.6 Å². The molecule has 2 aromatic carbocycles. The number of rotatable bonds is 5. The van der Waals surface area contributed by atoms with Gasteiger partial charge in [-0.1, -0.05) is 42.5 Å². The molecule has 0 aliphatic carbocycles. The predicted molar refractivity (Wildman–Crippen MR) is 113 cm³/mol. The van der Waals surface area contributed by atoms with Gasteiger partial charge in [-0.15, -0.1) is 4.09 Å². The van der Waals surface area contributed by atoms with Crippen LogP contribution in [-0.4, -0.2) is 29.7 Å². The normalized spacial score (nSPS) is 11.5. The summed E-state index contributed by atoms with van der Waals surface area (Å²) in [6.45, 7) is 1.70. The summed E-state index contributed by atoms with van der Waals surface area (Å²) in [7, 11) is -2.68. The van der Waals surface area contributed by atoms with Crippen LogP contribution in [0.2, 0.25) is 0 Å². The van der Waals surface area contributed by atoms with Crippen molar-refractivity contribution in [1.29, 1.82) is 0 Å². The van der Waals surface area contributed by atoms with Gasteiger partial charge in [0.05, 0.1) is 23.6 Å². The Morgan fingerprint density at radius 1 is 1.00 bits per heavy atom. The van der Waals surface area contributed by atoms with E-state index in [0.717, 1.165) is 5.56 Å². The van der Waals surface area contributed by atoms with E-state index in [1.54, 1.807) is 61.7 Å². The lowest BCUT2D eigenvalue weighted by Crippen LogP contribution is -2.31. The van der Waals surface area contributed by atoms with E-state index >= 15 is 0 Å². The molecule has 0 radical (unpaired) electrons. The Balaban J connectivity index is 1.85. The number of aromatic nitrogens is 3. The van der Waals surface area contributed by atoms with Gasteiger partial charge in [0, 0.05) is 24.1 Å². The maximum absolute atomic E-state index is 13.5. The summed E-state index contributed by atoms with van der Waals surface area (Å²) in [5.41, 5.74) is 1.24. The zero-order valence-electron chi connectivity index (χ0n) is 16.4. The number of aryl methyl sites for hydroxylation is 1. The minimum absolute atomic E-state index is 0.0747. The average molecular weight is 421 g/mol. The van der Waals surface area contributed by atoms with Crippen LogP contribution in [0, 0.1) is 6.92 Å². The largest absolute Gasteiger partial charge is 0.481 e. The van der Waals surface area contributed by atoms with Crippen molar-refractivity contribution in [2.75, 3.05) is 7.11 Å². The minimum atomic E-state index is -4.21. The Morgan fingerprint density at radius 2 is 1.80 bits per heavy atom. The number of ether oxygens (including phenoxy) is 1. The van der Waals surface area contributed by atoms with Gasteiger partial charge in [-0.2, -0.15) is 13.5 Å². The van der Waals surface area contributed by atoms with E-state index in [1.807, 2.05) is 6.07 Å². The number of methoxy groups -OCH3 is 1. The molecule has 0 aliphatic rings. The van der Waals surface area contributed by atoms with Crippen molar-refractivity contribution in [2.24, 2.45) is 0 Å². The fourth-order valence-corrected chi connectivity index (χ4v) is 5.02. The zero-order chi connectivity index (χ0) is 21.3. The van der Waals surface area contributed by atoms with E-state index in [0.29, 0.717) is 38.3 Å². The first kappa shape index (κ1) is 19.8. The number of pyridine rings is 1. The molecule has 0 fully saturated rings. The Labute approximate surface area is 173 Å². The van der Waals surface area contributed by atoms with Gasteiger partial charge in [-0.05, 0) is 29.7 Å². The van der Waals surface area contributed by atoms with Crippen molar-refractivity contribution in [3.63, 3.8) is 0 Å². The Kier molecular flexibility index (Phi) is 5.09. The summed E-state index contributed by atoms with van der Waals surface area (Å²) in [5, 5.41) is 4.84. The first-order chi connectivity index (χ1) is 14.4. The van der Waals surface area contributed by atoms with Crippen molar-refractivity contribution < 1.29 is 13.2 Å². The molecule has 2 heterocycles. The van der Waals surface area contributed by atoms with Crippen molar-refractivity contribution in [3.8, 4) is 5.88 Å². The number of hydrogen-bond acceptors (Lipinski definition) is 6. The molecule has 4 aromatic rings. The summed E-state index contributed by atoms with van der Waals surface area (Å²) in [6, 6.07) is 15.5. The lowest BCUT2D eigenvalue weighted by Gasteiger charge is -2.14. The number of fused-ring (bicyclic) bond motifs is 1. The second kappa shape index (κ2) is 7.72. The highest BCUT2D eigenvalue weighted by Crippen LogP contribution is 2.25. The monoisotopic (exact) mass is 421 g/mol. The van der Waals surface area contributed by atoms with Crippen molar-refractivity contribution in [1.82, 2.24) is 14.2 Å². The van der Waals surface area contributed by atoms with E-state index in [2.05, 4.69) is 10.1 Å². The Bertz CT molecular complexity index is 1390. The van der Waals surface area contributed by atoms with Gasteiger partial charge in [0.25, 0.3) is 15.6 Å². The van der Waals surface area contributed by atoms with Gasteiger partial charge < -0.3 is 4.74 Å². The summed E-state index contributed by atoms with van der Waals surface area (Å²) >= 11 is 0. The molecule has 4 rings (SSSR count). The zero-order valence-corrected chi connectivity index (χ0v) is 17.3. The first-order valence-electron chi connectivity index (χ1n) is 9.22. The minimum Gasteiger partial charge on any atom is -0.481 e. The highest BCUT2D eigenvalue weighted by Gasteiger charge is 2.26. The van der Waals surface area contributed by atoms with Crippen molar-refractivity contribution in [2.45, 2.75) is 18.2 Å². The summed E-state index contributed by atoms with van der Waals surface area (Å²) < 4.78 is 32.6. The standard InChI is InChI=1S/C22H19N3O4S/c1-15-6-5-8-17(12-16-10-11-20(29-2)23-13-16)21(15)30(27,28)25-22(26)19-9-4-3-7-18(19)14-24-25/h3-11,13-14H,12H2,1-2H3. The lowest BCUT2D eigenvalue weighted by atomic mass is 10.0. The molecule has 0 atom stereocenters. The van der Waals surface area contributed by atoms with Gasteiger partial charge in [-0.25, -0.2) is 4.98 Å². The molecule has 0 amide bonds. The maximum Gasteiger partial charge on any atom is 0.289 e. The molecule has 0 N–H and O–H groups in total. The molecule has 0 saturated carbocycles. The van der Waals surface area contributed by atoms with E-state index in [4.69, 9.17) is 4.74 Å². The van der Waals surface area contributed by atoms with Gasteiger partial charge >= 0.3 is 0 Å². The molecule has 7 nitrogen and oxygen atoms in total. The Hall–Kier alpha value is -3.52. The summed E-state index contributed by atoms with van der Waals surface area (Å²) in [4.78, 5) is 17.1. The smallest absolute Gasteiger partial charge is 0.289 e. The molecular weight excluding hydrogens is 402 g/mol. The molecule has 0 saturated heterocycles. The molecule has 2 aromatic heterocycles. The fraction of sp³-hybridized carbons (Fsp3) is 0.136. The van der Waals surface area contributed by atoms with Crippen molar-refractivity contribution >= 4 is 20.8 Å². The van der Waals surface area contributed by atoms with Crippen LogP contribution in [0.25, 0.3) is 10.8 Å². The molecular formula is C22H19N3O4S. The third-order valence-corrected chi connectivity index (χ3v) is 6.66. The topological polar surface area (TPSA) is 91.2 Å². The third-order valence-electron chi connectivity index (χ3n) is 4.85. The summed E-state index contributed by atoms with van der Waals surface area (Å²) in [5.74, 6) is 0.475. The van der Waals surface area contributed by atoms with E-state index in [9.17, 15) is 13.2 Å². The SMILES string of the molecule is COc1ccc(Cc2cccc(C)c2S(=O)(=O)n2ncc3ccccc3c2=O)cn1. The highest BCUT2D eigenvalue weighted by atomic mass is 32.2. The first-order valence-corrected chi connectivity index (χ1v) is 10.7. The van der Waals surface area contributed by atoms with Gasteiger partial charge in [-0.3, -0.25) is 4.79 Å². The number of nitrogens with zero attached hydrogens (tertiary/aromatic N) is 3. The lowest BCUT2D eigenvalue weighted by molar-refractivity contribution is 0.397. The van der Waals surface area contributed by atoms with E-state index in [1.165, 1.54) is 13.3 Å². The van der Waals surface area contributed by atoms with Gasteiger partial charge in [0.2, 0.25) is 5.88 Å². The number of benzene rings is 2. The maximum atomic E-state index is 13.5. The predicted octanol–water partition coefficient (Wildman–Crippen LogP) is 2.94. The summed E-state index contributed by atoms with van der Waals surface area (Å²) in [6.07, 6.45) is 3.35. The molecule has 8 heteroatoms. The molecule has 0 aliphatic heterocycles. The second-order valence-corrected chi connectivity index (χ2v) is 8.54.